The Labute approximate surface area is 217 Å². The maximum atomic E-state index is 13.4. The second-order valence-electron chi connectivity index (χ2n) is 8.03. The van der Waals surface area contributed by atoms with E-state index in [1.165, 1.54) is 26.4 Å². The van der Waals surface area contributed by atoms with Gasteiger partial charge in [-0.05, 0) is 48.0 Å². The molecule has 5 aromatic rings. The van der Waals surface area contributed by atoms with Crippen molar-refractivity contribution in [3.63, 3.8) is 0 Å². The molecule has 192 valence electrons. The number of nitrogens with one attached hydrogen (secondary N) is 1. The van der Waals surface area contributed by atoms with Crippen LogP contribution in [0.1, 0.15) is 16.7 Å². The zero-order valence-electron chi connectivity index (χ0n) is 20.2. The SMILES string of the molecule is COc1cc(C#Cc2cccnc2)cc(O)c1S(=O)(=O)Nc1noc2cc(Cn3cccn3)cc(OC)c12. The molecule has 0 aliphatic heterocycles. The summed E-state index contributed by atoms with van der Waals surface area (Å²) < 4.78 is 47.1. The van der Waals surface area contributed by atoms with E-state index in [-0.39, 0.29) is 11.6 Å². The van der Waals surface area contributed by atoms with Crippen LogP contribution in [-0.2, 0) is 16.6 Å². The molecule has 0 fully saturated rings. The standard InChI is InChI=1S/C26H21N5O6S/c1-35-21-13-19(16-31-10-4-9-28-31)14-22-24(21)26(29-37-22)30-38(33,34)25-20(32)11-18(12-23(25)36-2)7-6-17-5-3-8-27-15-17/h3-5,8-15,32H,16H2,1-2H3,(H,29,30). The van der Waals surface area contributed by atoms with Crippen LogP contribution in [0.5, 0.6) is 17.2 Å². The molecule has 3 heterocycles. The van der Waals surface area contributed by atoms with Crippen molar-refractivity contribution in [1.29, 1.82) is 0 Å². The van der Waals surface area contributed by atoms with Gasteiger partial charge in [0.15, 0.2) is 16.3 Å². The van der Waals surface area contributed by atoms with Gasteiger partial charge >= 0.3 is 0 Å². The van der Waals surface area contributed by atoms with Gasteiger partial charge in [-0.2, -0.15) is 5.10 Å². The van der Waals surface area contributed by atoms with E-state index in [4.69, 9.17) is 14.0 Å². The largest absolute Gasteiger partial charge is 0.506 e. The van der Waals surface area contributed by atoms with E-state index >= 15 is 0 Å². The molecule has 11 nitrogen and oxygen atoms in total. The van der Waals surface area contributed by atoms with Crippen LogP contribution in [0.15, 0.2) is 76.7 Å². The average Bonchev–Trinajstić information content (AvgIpc) is 3.57. The first kappa shape index (κ1) is 24.7. The highest BCUT2D eigenvalue weighted by Gasteiger charge is 2.28. The fourth-order valence-corrected chi connectivity index (χ4v) is 5.07. The quantitative estimate of drug-likeness (QED) is 0.302. The van der Waals surface area contributed by atoms with Crippen molar-refractivity contribution in [3.8, 4) is 29.1 Å². The molecule has 0 radical (unpaired) electrons. The summed E-state index contributed by atoms with van der Waals surface area (Å²) in [5, 5.41) is 19.1. The molecule has 0 bridgehead atoms. The smallest absolute Gasteiger partial charge is 0.270 e. The number of aromatic nitrogens is 4. The number of hydrogen-bond acceptors (Lipinski definition) is 9. The van der Waals surface area contributed by atoms with E-state index in [1.807, 2.05) is 6.20 Å². The normalized spacial score (nSPS) is 11.1. The van der Waals surface area contributed by atoms with Crippen LogP contribution in [0.25, 0.3) is 11.0 Å². The van der Waals surface area contributed by atoms with Gasteiger partial charge in [-0.3, -0.25) is 14.4 Å². The Balaban J connectivity index is 1.49. The van der Waals surface area contributed by atoms with Gasteiger partial charge in [0.05, 0.1) is 20.8 Å². The molecule has 0 saturated heterocycles. The summed E-state index contributed by atoms with van der Waals surface area (Å²) in [5.74, 6) is 5.36. The minimum atomic E-state index is -4.38. The average molecular weight is 532 g/mol. The maximum absolute atomic E-state index is 13.4. The molecule has 38 heavy (non-hydrogen) atoms. The van der Waals surface area contributed by atoms with Gasteiger partial charge < -0.3 is 19.1 Å². The number of phenolic OH excluding ortho intramolecular Hbond substituents is 1. The second kappa shape index (κ2) is 10.2. The topological polar surface area (TPSA) is 142 Å². The number of sulfonamides is 1. The molecule has 3 aromatic heterocycles. The monoisotopic (exact) mass is 531 g/mol. The number of rotatable bonds is 7. The van der Waals surface area contributed by atoms with E-state index < -0.39 is 20.7 Å². The molecule has 0 saturated carbocycles. The number of aromatic hydroxyl groups is 1. The summed E-state index contributed by atoms with van der Waals surface area (Å²) in [6.07, 6.45) is 6.69. The minimum absolute atomic E-state index is 0.103. The van der Waals surface area contributed by atoms with Crippen molar-refractivity contribution in [3.05, 3.63) is 83.9 Å². The summed E-state index contributed by atoms with van der Waals surface area (Å²) in [7, 11) is -1.63. The zero-order chi connectivity index (χ0) is 26.7. The van der Waals surface area contributed by atoms with Crippen molar-refractivity contribution in [1.82, 2.24) is 19.9 Å². The Kier molecular flexibility index (Phi) is 6.59. The number of benzene rings is 2. The fraction of sp³-hybridized carbons (Fsp3) is 0.115. The lowest BCUT2D eigenvalue weighted by molar-refractivity contribution is 0.388. The Hall–Kier alpha value is -5.02. The number of nitrogens with zero attached hydrogens (tertiary/aromatic N) is 4. The van der Waals surface area contributed by atoms with Gasteiger partial charge in [-0.1, -0.05) is 17.0 Å². The lowest BCUT2D eigenvalue weighted by Gasteiger charge is -2.13. The van der Waals surface area contributed by atoms with Gasteiger partial charge in [-0.15, -0.1) is 0 Å². The number of ether oxygens (including phenoxy) is 2. The minimum Gasteiger partial charge on any atom is -0.506 e. The van der Waals surface area contributed by atoms with Crippen LogP contribution in [0, 0.1) is 11.8 Å². The Morgan fingerprint density at radius 1 is 1.05 bits per heavy atom. The third-order valence-electron chi connectivity index (χ3n) is 5.49. The number of hydrogen-bond donors (Lipinski definition) is 2. The molecular weight excluding hydrogens is 510 g/mol. The predicted molar refractivity (Wildman–Crippen MR) is 138 cm³/mol. The number of fused-ring (bicyclic) bond motifs is 1. The summed E-state index contributed by atoms with van der Waals surface area (Å²) in [5.41, 5.74) is 2.12. The van der Waals surface area contributed by atoms with Crippen LogP contribution < -0.4 is 14.2 Å². The van der Waals surface area contributed by atoms with Crippen LogP contribution in [0.2, 0.25) is 0 Å². The van der Waals surface area contributed by atoms with Crippen molar-refractivity contribution in [2.75, 3.05) is 18.9 Å². The van der Waals surface area contributed by atoms with Gasteiger partial charge in [0.1, 0.15) is 22.6 Å². The number of methoxy groups -OCH3 is 2. The van der Waals surface area contributed by atoms with Crippen molar-refractivity contribution >= 4 is 26.8 Å². The van der Waals surface area contributed by atoms with Gasteiger partial charge in [0.25, 0.3) is 10.0 Å². The lowest BCUT2D eigenvalue weighted by atomic mass is 10.1. The van der Waals surface area contributed by atoms with Crippen molar-refractivity contribution in [2.24, 2.45) is 0 Å². The molecule has 0 amide bonds. The molecule has 2 aromatic carbocycles. The van der Waals surface area contributed by atoms with Crippen LogP contribution in [0.4, 0.5) is 5.82 Å². The number of phenols is 1. The molecule has 0 aliphatic carbocycles. The van der Waals surface area contributed by atoms with Gasteiger partial charge in [-0.25, -0.2) is 8.42 Å². The third kappa shape index (κ3) is 4.95. The number of anilines is 1. The first-order chi connectivity index (χ1) is 18.4. The van der Waals surface area contributed by atoms with E-state index in [2.05, 4.69) is 31.8 Å². The van der Waals surface area contributed by atoms with Gasteiger partial charge in [0, 0.05) is 35.9 Å². The maximum Gasteiger partial charge on any atom is 0.270 e. The molecule has 12 heteroatoms. The molecule has 0 atom stereocenters. The Morgan fingerprint density at radius 3 is 2.58 bits per heavy atom. The molecular formula is C26H21N5O6S. The fourth-order valence-electron chi connectivity index (χ4n) is 3.83. The molecule has 0 spiro atoms. The highest BCUT2D eigenvalue weighted by atomic mass is 32.2. The zero-order valence-corrected chi connectivity index (χ0v) is 21.1. The predicted octanol–water partition coefficient (Wildman–Crippen LogP) is 3.39. The summed E-state index contributed by atoms with van der Waals surface area (Å²) in [6, 6.07) is 11.4. The first-order valence-corrected chi connectivity index (χ1v) is 12.7. The first-order valence-electron chi connectivity index (χ1n) is 11.2. The van der Waals surface area contributed by atoms with Crippen LogP contribution in [0.3, 0.4) is 0 Å². The second-order valence-corrected chi connectivity index (χ2v) is 9.65. The van der Waals surface area contributed by atoms with E-state index in [0.717, 1.165) is 5.56 Å². The van der Waals surface area contributed by atoms with E-state index in [1.54, 1.807) is 53.6 Å². The van der Waals surface area contributed by atoms with Crippen molar-refractivity contribution < 1.29 is 27.5 Å². The summed E-state index contributed by atoms with van der Waals surface area (Å²) >= 11 is 0. The van der Waals surface area contributed by atoms with Crippen LogP contribution >= 0.6 is 0 Å². The van der Waals surface area contributed by atoms with E-state index in [0.29, 0.717) is 34.4 Å². The van der Waals surface area contributed by atoms with E-state index in [9.17, 15) is 13.5 Å². The molecule has 0 aliphatic rings. The summed E-state index contributed by atoms with van der Waals surface area (Å²) in [6.45, 7) is 0.447. The lowest BCUT2D eigenvalue weighted by Crippen LogP contribution is -2.15. The molecule has 0 unspecified atom stereocenters. The molecule has 5 rings (SSSR count). The van der Waals surface area contributed by atoms with Crippen molar-refractivity contribution in [2.45, 2.75) is 11.4 Å². The highest BCUT2D eigenvalue weighted by molar-refractivity contribution is 7.93. The summed E-state index contributed by atoms with van der Waals surface area (Å²) in [4.78, 5) is 3.52. The highest BCUT2D eigenvalue weighted by Crippen LogP contribution is 2.38. The third-order valence-corrected chi connectivity index (χ3v) is 6.90. The Bertz CT molecular complexity index is 1770. The Morgan fingerprint density at radius 2 is 1.87 bits per heavy atom. The molecule has 2 N–H and O–H groups in total. The van der Waals surface area contributed by atoms with Gasteiger partial charge in [0.2, 0.25) is 0 Å². The number of pyridine rings is 1. The van der Waals surface area contributed by atoms with Crippen LogP contribution in [-0.4, -0.2) is 47.7 Å².